The molecule has 0 fully saturated rings. The van der Waals surface area contributed by atoms with Crippen LogP contribution in [0.3, 0.4) is 0 Å². The molecular weight excluding hydrogens is 245 g/mol. The minimum Gasteiger partial charge on any atom is -0.285 e. The molecule has 0 aliphatic heterocycles. The molecule has 0 spiro atoms. The van der Waals surface area contributed by atoms with E-state index in [2.05, 4.69) is 0 Å². The highest BCUT2D eigenvalue weighted by Gasteiger charge is 2.67. The maximum atomic E-state index is 12.3. The predicted octanol–water partition coefficient (Wildman–Crippen LogP) is 1.98. The summed E-state index contributed by atoms with van der Waals surface area (Å²) in [6, 6.07) is 0. The number of alkyl halides is 5. The van der Waals surface area contributed by atoms with Gasteiger partial charge in [-0.2, -0.15) is 30.4 Å². The second-order valence-electron chi connectivity index (χ2n) is 2.45. The van der Waals surface area contributed by atoms with Crippen LogP contribution in [0.5, 0.6) is 0 Å². The largest absolute Gasteiger partial charge is 0.471 e. The zero-order chi connectivity index (χ0) is 12.3. The lowest BCUT2D eigenvalue weighted by Crippen LogP contribution is -2.48. The van der Waals surface area contributed by atoms with Crippen LogP contribution in [-0.4, -0.2) is 19.8 Å². The highest BCUT2D eigenvalue weighted by atomic mass is 32.2. The summed E-state index contributed by atoms with van der Waals surface area (Å²) in [4.78, 5) is 0. The monoisotopic (exact) mass is 253 g/mol. The van der Waals surface area contributed by atoms with Crippen LogP contribution in [0.15, 0.2) is 12.3 Å². The number of hydrogen-bond acceptors (Lipinski definition) is 2. The fourth-order valence-electron chi connectivity index (χ4n) is 0.482. The molecule has 0 saturated heterocycles. The van der Waals surface area contributed by atoms with Crippen molar-refractivity contribution in [1.29, 1.82) is 0 Å². The SMILES string of the molecule is CC/C=C\NS(=O)(=O)C(F)(F)C(F)(F)F. The predicted molar refractivity (Wildman–Crippen MR) is 42.5 cm³/mol. The lowest BCUT2D eigenvalue weighted by molar-refractivity contribution is -0.241. The van der Waals surface area contributed by atoms with Crippen LogP contribution in [0.1, 0.15) is 13.3 Å². The number of halogens is 5. The van der Waals surface area contributed by atoms with Gasteiger partial charge < -0.3 is 0 Å². The van der Waals surface area contributed by atoms with E-state index >= 15 is 0 Å². The summed E-state index contributed by atoms with van der Waals surface area (Å²) in [6.07, 6.45) is -4.24. The van der Waals surface area contributed by atoms with Crippen LogP contribution < -0.4 is 4.72 Å². The van der Waals surface area contributed by atoms with E-state index in [-0.39, 0.29) is 0 Å². The third-order valence-corrected chi connectivity index (χ3v) is 2.60. The molecule has 0 atom stereocenters. The van der Waals surface area contributed by atoms with Gasteiger partial charge in [0.1, 0.15) is 0 Å². The topological polar surface area (TPSA) is 46.2 Å². The van der Waals surface area contributed by atoms with Crippen LogP contribution >= 0.6 is 0 Å². The zero-order valence-electron chi connectivity index (χ0n) is 7.48. The van der Waals surface area contributed by atoms with Gasteiger partial charge in [-0.25, -0.2) is 0 Å². The van der Waals surface area contributed by atoms with E-state index in [0.717, 1.165) is 10.8 Å². The first-order valence-electron chi connectivity index (χ1n) is 3.67. The molecule has 0 unspecified atom stereocenters. The molecule has 0 amide bonds. The summed E-state index contributed by atoms with van der Waals surface area (Å²) in [5.74, 6) is 0. The van der Waals surface area contributed by atoms with Gasteiger partial charge in [0.05, 0.1) is 0 Å². The Labute approximate surface area is 83.0 Å². The average molecular weight is 253 g/mol. The minimum atomic E-state index is -6.14. The second-order valence-corrected chi connectivity index (χ2v) is 4.20. The van der Waals surface area contributed by atoms with Crippen molar-refractivity contribution in [1.82, 2.24) is 4.72 Å². The standard InChI is InChI=1S/C6H8F5NO2S/c1-2-3-4-12-15(13,14)6(10,11)5(7,8)9/h3-4,12H,2H2,1H3/b4-3-. The Kier molecular flexibility index (Phi) is 4.08. The van der Waals surface area contributed by atoms with Gasteiger partial charge in [0.25, 0.3) is 0 Å². The summed E-state index contributed by atoms with van der Waals surface area (Å²) in [7, 11) is -5.78. The van der Waals surface area contributed by atoms with Gasteiger partial charge >= 0.3 is 21.5 Å². The van der Waals surface area contributed by atoms with E-state index < -0.39 is 21.5 Å². The van der Waals surface area contributed by atoms with E-state index in [1.165, 1.54) is 0 Å². The van der Waals surface area contributed by atoms with Crippen LogP contribution in [0.2, 0.25) is 0 Å². The number of rotatable bonds is 4. The average Bonchev–Trinajstić information content (AvgIpc) is 2.02. The first-order valence-corrected chi connectivity index (χ1v) is 5.16. The Morgan fingerprint density at radius 1 is 1.20 bits per heavy atom. The molecule has 15 heavy (non-hydrogen) atoms. The third-order valence-electron chi connectivity index (χ3n) is 1.24. The van der Waals surface area contributed by atoms with Gasteiger partial charge in [-0.15, -0.1) is 0 Å². The highest BCUT2D eigenvalue weighted by molar-refractivity contribution is 7.90. The lowest BCUT2D eigenvalue weighted by Gasteiger charge is -2.18. The van der Waals surface area contributed by atoms with Crippen molar-refractivity contribution in [3.63, 3.8) is 0 Å². The number of hydrogen-bond donors (Lipinski definition) is 1. The first kappa shape index (κ1) is 14.1. The van der Waals surface area contributed by atoms with E-state index in [4.69, 9.17) is 0 Å². The molecule has 3 nitrogen and oxygen atoms in total. The smallest absolute Gasteiger partial charge is 0.285 e. The number of sulfonamides is 1. The van der Waals surface area contributed by atoms with E-state index in [1.54, 1.807) is 6.92 Å². The number of nitrogens with one attached hydrogen (secondary N) is 1. The zero-order valence-corrected chi connectivity index (χ0v) is 8.29. The Morgan fingerprint density at radius 2 is 1.67 bits per heavy atom. The van der Waals surface area contributed by atoms with Crippen molar-refractivity contribution in [2.24, 2.45) is 0 Å². The molecule has 0 bridgehead atoms. The van der Waals surface area contributed by atoms with E-state index in [9.17, 15) is 30.4 Å². The lowest BCUT2D eigenvalue weighted by atomic mass is 10.5. The normalized spacial score (nSPS) is 14.5. The molecule has 0 saturated carbocycles. The molecule has 0 aliphatic carbocycles. The molecule has 0 rings (SSSR count). The molecule has 90 valence electrons. The van der Waals surface area contributed by atoms with Crippen LogP contribution in [-0.2, 0) is 10.0 Å². The highest BCUT2D eigenvalue weighted by Crippen LogP contribution is 2.39. The van der Waals surface area contributed by atoms with E-state index in [0.29, 0.717) is 12.6 Å². The maximum Gasteiger partial charge on any atom is 0.471 e. The quantitative estimate of drug-likeness (QED) is 0.779. The number of allylic oxidation sites excluding steroid dienone is 1. The van der Waals surface area contributed by atoms with Gasteiger partial charge in [-0.1, -0.05) is 13.0 Å². The molecule has 0 aromatic rings. The first-order chi connectivity index (χ1) is 6.56. The fraction of sp³-hybridized carbons (Fsp3) is 0.667. The van der Waals surface area contributed by atoms with Crippen molar-refractivity contribution in [3.8, 4) is 0 Å². The Balaban J connectivity index is 4.96. The maximum absolute atomic E-state index is 12.3. The van der Waals surface area contributed by atoms with Gasteiger partial charge in [-0.3, -0.25) is 4.72 Å². The summed E-state index contributed by atoms with van der Waals surface area (Å²) in [5.41, 5.74) is 0. The molecule has 0 aliphatic rings. The summed E-state index contributed by atoms with van der Waals surface area (Å²) < 4.78 is 81.7. The molecule has 9 heteroatoms. The van der Waals surface area contributed by atoms with Gasteiger partial charge in [0, 0.05) is 6.20 Å². The van der Waals surface area contributed by atoms with Gasteiger partial charge in [0.2, 0.25) is 0 Å². The summed E-state index contributed by atoms with van der Waals surface area (Å²) >= 11 is 0. The van der Waals surface area contributed by atoms with Crippen LogP contribution in [0.4, 0.5) is 22.0 Å². The molecule has 0 aromatic heterocycles. The molecule has 0 heterocycles. The second kappa shape index (κ2) is 4.33. The molecular formula is C6H8F5NO2S. The molecule has 0 radical (unpaired) electrons. The van der Waals surface area contributed by atoms with Gasteiger partial charge in [-0.05, 0) is 6.42 Å². The Hall–Kier alpha value is -0.860. The fourth-order valence-corrected chi connectivity index (χ4v) is 1.21. The Bertz CT molecular complexity index is 332. The van der Waals surface area contributed by atoms with Crippen LogP contribution in [0, 0.1) is 0 Å². The van der Waals surface area contributed by atoms with Crippen LogP contribution in [0.25, 0.3) is 0 Å². The third kappa shape index (κ3) is 3.05. The van der Waals surface area contributed by atoms with Crippen molar-refractivity contribution in [2.75, 3.05) is 0 Å². The van der Waals surface area contributed by atoms with Crippen molar-refractivity contribution in [3.05, 3.63) is 12.3 Å². The van der Waals surface area contributed by atoms with Crippen molar-refractivity contribution in [2.45, 2.75) is 24.8 Å². The summed E-state index contributed by atoms with van der Waals surface area (Å²) in [6.45, 7) is 1.55. The van der Waals surface area contributed by atoms with Crippen molar-refractivity contribution >= 4 is 10.0 Å². The van der Waals surface area contributed by atoms with Crippen molar-refractivity contribution < 1.29 is 30.4 Å². The van der Waals surface area contributed by atoms with Gasteiger partial charge in [0.15, 0.2) is 0 Å². The molecule has 1 N–H and O–H groups in total. The molecule has 0 aromatic carbocycles. The minimum absolute atomic E-state index is 0.292. The summed E-state index contributed by atoms with van der Waals surface area (Å²) in [5, 5.41) is -5.81. The Morgan fingerprint density at radius 3 is 2.00 bits per heavy atom. The van der Waals surface area contributed by atoms with E-state index in [1.807, 2.05) is 0 Å².